The molecule has 1 atom stereocenters. The molecule has 0 radical (unpaired) electrons. The topological polar surface area (TPSA) is 46.2 Å². The highest BCUT2D eigenvalue weighted by molar-refractivity contribution is 9.10. The maximum Gasteiger partial charge on any atom is 0.175 e. The first kappa shape index (κ1) is 16.2. The molecule has 0 spiro atoms. The van der Waals surface area contributed by atoms with E-state index in [1.165, 1.54) is 11.8 Å². The Labute approximate surface area is 134 Å². The number of halogens is 1. The van der Waals surface area contributed by atoms with E-state index in [1.54, 1.807) is 12.1 Å². The van der Waals surface area contributed by atoms with Gasteiger partial charge in [-0.15, -0.1) is 0 Å². The quantitative estimate of drug-likeness (QED) is 0.875. The molecule has 0 heterocycles. The lowest BCUT2D eigenvalue weighted by atomic mass is 10.1. The lowest BCUT2D eigenvalue weighted by molar-refractivity contribution is 0.573. The second-order valence-electron chi connectivity index (χ2n) is 5.04. The third-order valence-corrected chi connectivity index (χ3v) is 5.27. The Morgan fingerprint density at radius 1 is 1.10 bits per heavy atom. The van der Waals surface area contributed by atoms with Gasteiger partial charge in [0.05, 0.1) is 4.90 Å². The van der Waals surface area contributed by atoms with Crippen molar-refractivity contribution in [2.75, 3.05) is 6.26 Å². The molecular weight excluding hydrogens is 350 g/mol. The largest absolute Gasteiger partial charge is 0.306 e. The van der Waals surface area contributed by atoms with Gasteiger partial charge in [-0.3, -0.25) is 0 Å². The van der Waals surface area contributed by atoms with Crippen LogP contribution in [0.15, 0.2) is 57.9 Å². The molecule has 0 aliphatic carbocycles. The maximum atomic E-state index is 11.4. The summed E-state index contributed by atoms with van der Waals surface area (Å²) >= 11 is 3.53. The van der Waals surface area contributed by atoms with Gasteiger partial charge in [0, 0.05) is 23.3 Å². The highest BCUT2D eigenvalue weighted by atomic mass is 79.9. The van der Waals surface area contributed by atoms with Gasteiger partial charge in [-0.1, -0.05) is 46.3 Å². The first-order valence-electron chi connectivity index (χ1n) is 6.65. The molecule has 2 rings (SSSR count). The van der Waals surface area contributed by atoms with Gasteiger partial charge in [0.15, 0.2) is 9.84 Å². The number of rotatable bonds is 5. The molecule has 0 aliphatic heterocycles. The molecule has 21 heavy (non-hydrogen) atoms. The summed E-state index contributed by atoms with van der Waals surface area (Å²) in [4.78, 5) is 0.351. The summed E-state index contributed by atoms with van der Waals surface area (Å²) in [6.07, 6.45) is 1.22. The van der Waals surface area contributed by atoms with Crippen molar-refractivity contribution in [3.8, 4) is 0 Å². The summed E-state index contributed by atoms with van der Waals surface area (Å²) in [5.74, 6) is 0. The van der Waals surface area contributed by atoms with Crippen LogP contribution in [0.1, 0.15) is 24.1 Å². The lowest BCUT2D eigenvalue weighted by Crippen LogP contribution is -2.18. The fourth-order valence-electron chi connectivity index (χ4n) is 2.03. The van der Waals surface area contributed by atoms with Crippen molar-refractivity contribution in [2.45, 2.75) is 24.4 Å². The fourth-order valence-corrected chi connectivity index (χ4v) is 3.08. The number of hydrogen-bond donors (Lipinski definition) is 1. The predicted molar refractivity (Wildman–Crippen MR) is 88.9 cm³/mol. The molecular formula is C16H18BrNO2S. The van der Waals surface area contributed by atoms with Crippen molar-refractivity contribution in [3.63, 3.8) is 0 Å². The number of nitrogens with one attached hydrogen (secondary N) is 1. The summed E-state index contributed by atoms with van der Waals surface area (Å²) in [6.45, 7) is 2.81. The van der Waals surface area contributed by atoms with Crippen LogP contribution in [-0.4, -0.2) is 14.7 Å². The molecule has 112 valence electrons. The maximum absolute atomic E-state index is 11.4. The van der Waals surface area contributed by atoms with Crippen LogP contribution >= 0.6 is 15.9 Å². The number of benzene rings is 2. The Bertz CT molecular complexity index is 711. The first-order valence-corrected chi connectivity index (χ1v) is 9.33. The molecule has 0 saturated carbocycles. The summed E-state index contributed by atoms with van der Waals surface area (Å²) in [5.41, 5.74) is 2.26. The molecule has 0 amide bonds. The van der Waals surface area contributed by atoms with E-state index >= 15 is 0 Å². The molecule has 0 aromatic heterocycles. The summed E-state index contributed by atoms with van der Waals surface area (Å²) in [6, 6.07) is 15.2. The van der Waals surface area contributed by atoms with Gasteiger partial charge in [-0.2, -0.15) is 0 Å². The van der Waals surface area contributed by atoms with E-state index in [0.717, 1.165) is 16.6 Å². The van der Waals surface area contributed by atoms with E-state index in [4.69, 9.17) is 0 Å². The second-order valence-corrected chi connectivity index (χ2v) is 7.91. The third kappa shape index (κ3) is 4.40. The molecule has 5 heteroatoms. The molecule has 2 aromatic carbocycles. The monoisotopic (exact) mass is 367 g/mol. The Balaban J connectivity index is 2.04. The summed E-state index contributed by atoms with van der Waals surface area (Å²) in [5, 5.41) is 3.43. The van der Waals surface area contributed by atoms with Crippen molar-refractivity contribution < 1.29 is 8.42 Å². The van der Waals surface area contributed by atoms with Gasteiger partial charge in [0.1, 0.15) is 0 Å². The SMILES string of the molecule is CC(NCc1ccccc1Br)c1ccc(S(C)(=O)=O)cc1. The predicted octanol–water partition coefficient (Wildman–Crippen LogP) is 3.70. The zero-order chi connectivity index (χ0) is 15.5. The van der Waals surface area contributed by atoms with Crippen LogP contribution < -0.4 is 5.32 Å². The molecule has 0 saturated heterocycles. The number of hydrogen-bond acceptors (Lipinski definition) is 3. The Kier molecular flexibility index (Phi) is 5.19. The minimum Gasteiger partial charge on any atom is -0.306 e. The van der Waals surface area contributed by atoms with Crippen LogP contribution in [0.25, 0.3) is 0 Å². The Morgan fingerprint density at radius 3 is 2.29 bits per heavy atom. The van der Waals surface area contributed by atoms with Gasteiger partial charge >= 0.3 is 0 Å². The van der Waals surface area contributed by atoms with E-state index in [1.807, 2.05) is 30.3 Å². The van der Waals surface area contributed by atoms with E-state index in [9.17, 15) is 8.42 Å². The summed E-state index contributed by atoms with van der Waals surface area (Å²) < 4.78 is 24.0. The Hall–Kier alpha value is -1.17. The first-order chi connectivity index (χ1) is 9.88. The minimum atomic E-state index is -3.13. The molecule has 0 bridgehead atoms. The van der Waals surface area contributed by atoms with Gasteiger partial charge < -0.3 is 5.32 Å². The van der Waals surface area contributed by atoms with Crippen molar-refractivity contribution in [2.24, 2.45) is 0 Å². The molecule has 1 N–H and O–H groups in total. The van der Waals surface area contributed by atoms with Crippen LogP contribution in [0.3, 0.4) is 0 Å². The van der Waals surface area contributed by atoms with Crippen LogP contribution in [0.4, 0.5) is 0 Å². The number of sulfone groups is 1. The molecule has 1 unspecified atom stereocenters. The van der Waals surface area contributed by atoms with Gasteiger partial charge in [-0.25, -0.2) is 8.42 Å². The molecule has 0 fully saturated rings. The highest BCUT2D eigenvalue weighted by Gasteiger charge is 2.09. The van der Waals surface area contributed by atoms with Gasteiger partial charge in [-0.05, 0) is 36.2 Å². The van der Waals surface area contributed by atoms with Crippen molar-refractivity contribution in [1.82, 2.24) is 5.32 Å². The fraction of sp³-hybridized carbons (Fsp3) is 0.250. The average molecular weight is 368 g/mol. The Morgan fingerprint density at radius 2 is 1.71 bits per heavy atom. The van der Waals surface area contributed by atoms with Crippen LogP contribution in [0, 0.1) is 0 Å². The van der Waals surface area contributed by atoms with Crippen molar-refractivity contribution in [3.05, 3.63) is 64.1 Å². The van der Waals surface area contributed by atoms with E-state index in [-0.39, 0.29) is 6.04 Å². The minimum absolute atomic E-state index is 0.144. The van der Waals surface area contributed by atoms with Crippen LogP contribution in [-0.2, 0) is 16.4 Å². The lowest BCUT2D eigenvalue weighted by Gasteiger charge is -2.15. The molecule has 2 aromatic rings. The van der Waals surface area contributed by atoms with E-state index in [2.05, 4.69) is 34.2 Å². The average Bonchev–Trinajstić information content (AvgIpc) is 2.45. The second kappa shape index (κ2) is 6.73. The zero-order valence-corrected chi connectivity index (χ0v) is 14.4. The summed E-state index contributed by atoms with van der Waals surface area (Å²) in [7, 11) is -3.13. The zero-order valence-electron chi connectivity index (χ0n) is 12.0. The third-order valence-electron chi connectivity index (χ3n) is 3.36. The molecule has 3 nitrogen and oxygen atoms in total. The van der Waals surface area contributed by atoms with Crippen LogP contribution in [0.2, 0.25) is 0 Å². The van der Waals surface area contributed by atoms with E-state index in [0.29, 0.717) is 4.90 Å². The van der Waals surface area contributed by atoms with Crippen molar-refractivity contribution in [1.29, 1.82) is 0 Å². The van der Waals surface area contributed by atoms with E-state index < -0.39 is 9.84 Å². The molecule has 0 aliphatic rings. The standard InChI is InChI=1S/C16H18BrNO2S/c1-12(18-11-14-5-3-4-6-16(14)17)13-7-9-15(10-8-13)21(2,19)20/h3-10,12,18H,11H2,1-2H3. The smallest absolute Gasteiger partial charge is 0.175 e. The van der Waals surface area contributed by atoms with Gasteiger partial charge in [0.2, 0.25) is 0 Å². The van der Waals surface area contributed by atoms with Crippen molar-refractivity contribution >= 4 is 25.8 Å². The van der Waals surface area contributed by atoms with Gasteiger partial charge in [0.25, 0.3) is 0 Å². The highest BCUT2D eigenvalue weighted by Crippen LogP contribution is 2.19. The normalized spacial score (nSPS) is 13.1. The van der Waals surface area contributed by atoms with Crippen LogP contribution in [0.5, 0.6) is 0 Å².